The summed E-state index contributed by atoms with van der Waals surface area (Å²) in [6.07, 6.45) is 1.71. The highest BCUT2D eigenvalue weighted by Crippen LogP contribution is 2.19. The topological polar surface area (TPSA) is 17.8 Å². The second-order valence-corrected chi connectivity index (χ2v) is 3.47. The lowest BCUT2D eigenvalue weighted by Crippen LogP contribution is -1.95. The van der Waals surface area contributed by atoms with Gasteiger partial charge in [-0.2, -0.15) is 0 Å². The van der Waals surface area contributed by atoms with E-state index in [2.05, 4.69) is 34.1 Å². The second-order valence-electron chi connectivity index (χ2n) is 2.56. The molecule has 0 fully saturated rings. The Morgan fingerprint density at radius 3 is 2.50 bits per heavy atom. The van der Waals surface area contributed by atoms with Gasteiger partial charge in [0.1, 0.15) is 5.82 Å². The van der Waals surface area contributed by atoms with Gasteiger partial charge in [-0.25, -0.2) is 4.98 Å². The molecule has 1 rings (SSSR count). The summed E-state index contributed by atoms with van der Waals surface area (Å²) in [4.78, 5) is 4.30. The first kappa shape index (κ1) is 9.26. The number of nitrogens with zero attached hydrogens (tertiary/aromatic N) is 2. The van der Waals surface area contributed by atoms with Crippen LogP contribution in [-0.2, 0) is 0 Å². The number of rotatable bonds is 2. The molecule has 0 unspecified atom stereocenters. The highest BCUT2D eigenvalue weighted by molar-refractivity contribution is 9.14. The zero-order valence-electron chi connectivity index (χ0n) is 7.26. The fourth-order valence-corrected chi connectivity index (χ4v) is 1.53. The van der Waals surface area contributed by atoms with Crippen LogP contribution in [0, 0.1) is 13.8 Å². The first-order valence-electron chi connectivity index (χ1n) is 3.61. The van der Waals surface area contributed by atoms with Gasteiger partial charge in [-0.3, -0.25) is 4.57 Å². The Kier molecular flexibility index (Phi) is 2.52. The Bertz CT molecular complexity index is 337. The van der Waals surface area contributed by atoms with Crippen LogP contribution in [0.5, 0.6) is 0 Å². The van der Waals surface area contributed by atoms with Crippen LogP contribution in [0.4, 0.5) is 0 Å². The maximum Gasteiger partial charge on any atom is 0.137 e. The van der Waals surface area contributed by atoms with E-state index in [4.69, 9.17) is 0 Å². The van der Waals surface area contributed by atoms with Crippen LogP contribution < -0.4 is 0 Å². The lowest BCUT2D eigenvalue weighted by atomic mass is 10.4. The quantitative estimate of drug-likeness (QED) is 0.759. The van der Waals surface area contributed by atoms with Gasteiger partial charge >= 0.3 is 0 Å². The molecule has 0 saturated carbocycles. The number of imidazole rings is 1. The van der Waals surface area contributed by atoms with Gasteiger partial charge in [0, 0.05) is 5.69 Å². The number of hydrogen-bond donors (Lipinski definition) is 0. The van der Waals surface area contributed by atoms with Crippen molar-refractivity contribution in [1.29, 1.82) is 0 Å². The molecule has 0 atom stereocenters. The zero-order valence-corrected chi connectivity index (χ0v) is 8.85. The molecule has 12 heavy (non-hydrogen) atoms. The number of aromatic nitrogens is 2. The molecule has 0 saturated heterocycles. The molecule has 0 N–H and O–H groups in total. The Balaban J connectivity index is 3.40. The fourth-order valence-electron chi connectivity index (χ4n) is 1.08. The van der Waals surface area contributed by atoms with E-state index in [1.165, 1.54) is 0 Å². The van der Waals surface area contributed by atoms with Crippen molar-refractivity contribution in [3.8, 4) is 0 Å². The molecule has 0 spiro atoms. The van der Waals surface area contributed by atoms with Crippen LogP contribution in [0.15, 0.2) is 13.2 Å². The Morgan fingerprint density at radius 2 is 2.17 bits per heavy atom. The van der Waals surface area contributed by atoms with Gasteiger partial charge in [-0.15, -0.1) is 0 Å². The van der Waals surface area contributed by atoms with E-state index in [-0.39, 0.29) is 0 Å². The van der Waals surface area contributed by atoms with Crippen molar-refractivity contribution in [2.24, 2.45) is 0 Å². The van der Waals surface area contributed by atoms with Gasteiger partial charge in [0.05, 0.1) is 10.3 Å². The monoisotopic (exact) mass is 226 g/mol. The van der Waals surface area contributed by atoms with Gasteiger partial charge in [0.15, 0.2) is 0 Å². The molecule has 0 aliphatic carbocycles. The Morgan fingerprint density at radius 1 is 1.58 bits per heavy atom. The highest BCUT2D eigenvalue weighted by Gasteiger charge is 2.08. The second kappa shape index (κ2) is 3.27. The molecule has 1 heterocycles. The molecule has 1 aromatic rings. The third-order valence-corrected chi connectivity index (χ3v) is 2.15. The Labute approximate surface area is 80.7 Å². The number of hydrogen-bond acceptors (Lipinski definition) is 1. The summed E-state index contributed by atoms with van der Waals surface area (Å²) in [5.74, 6) is 0.826. The summed E-state index contributed by atoms with van der Waals surface area (Å²) in [5.41, 5.74) is 2.09. The van der Waals surface area contributed by atoms with Crippen molar-refractivity contribution >= 4 is 26.6 Å². The molecular formula is C9H11BrN2. The van der Waals surface area contributed by atoms with Gasteiger partial charge in [0.2, 0.25) is 0 Å². The predicted molar refractivity (Wildman–Crippen MR) is 56.0 cm³/mol. The van der Waals surface area contributed by atoms with E-state index < -0.39 is 0 Å². The summed E-state index contributed by atoms with van der Waals surface area (Å²) < 4.78 is 2.71. The molecular weight excluding hydrogens is 216 g/mol. The van der Waals surface area contributed by atoms with E-state index in [1.807, 2.05) is 18.4 Å². The Hall–Kier alpha value is -0.830. The summed E-state index contributed by atoms with van der Waals surface area (Å²) in [7, 11) is 0. The smallest absolute Gasteiger partial charge is 0.137 e. The minimum atomic E-state index is 0.788. The molecule has 1 aromatic heterocycles. The summed E-state index contributed by atoms with van der Waals surface area (Å²) in [5, 5.41) is 0. The van der Waals surface area contributed by atoms with E-state index in [0.29, 0.717) is 0 Å². The summed E-state index contributed by atoms with van der Waals surface area (Å²) >= 11 is 3.32. The molecule has 0 bridgehead atoms. The molecule has 0 amide bonds. The van der Waals surface area contributed by atoms with Crippen LogP contribution >= 0.6 is 15.9 Å². The fraction of sp³-hybridized carbons (Fsp3) is 0.222. The van der Waals surface area contributed by atoms with E-state index in [0.717, 1.165) is 21.8 Å². The average molecular weight is 227 g/mol. The number of aryl methyl sites for hydroxylation is 1. The van der Waals surface area contributed by atoms with Crippen molar-refractivity contribution < 1.29 is 0 Å². The van der Waals surface area contributed by atoms with E-state index >= 15 is 0 Å². The van der Waals surface area contributed by atoms with Crippen LogP contribution in [0.2, 0.25) is 0 Å². The lowest BCUT2D eigenvalue weighted by molar-refractivity contribution is 1.05. The molecule has 0 aromatic carbocycles. The van der Waals surface area contributed by atoms with Crippen LogP contribution in [-0.4, -0.2) is 9.55 Å². The summed E-state index contributed by atoms with van der Waals surface area (Å²) in [6, 6.07) is 0. The molecule has 0 aliphatic heterocycles. The van der Waals surface area contributed by atoms with Gasteiger partial charge < -0.3 is 0 Å². The van der Waals surface area contributed by atoms with Crippen molar-refractivity contribution in [3.05, 3.63) is 30.4 Å². The first-order chi connectivity index (χ1) is 5.57. The first-order valence-corrected chi connectivity index (χ1v) is 4.40. The largest absolute Gasteiger partial charge is 0.291 e. The van der Waals surface area contributed by atoms with E-state index in [1.54, 1.807) is 6.08 Å². The highest BCUT2D eigenvalue weighted by atomic mass is 79.9. The molecule has 64 valence electrons. The summed E-state index contributed by atoms with van der Waals surface area (Å²) in [6.45, 7) is 11.5. The van der Waals surface area contributed by atoms with Crippen LogP contribution in [0.25, 0.3) is 10.7 Å². The predicted octanol–water partition coefficient (Wildman–Crippen LogP) is 2.97. The third-order valence-electron chi connectivity index (χ3n) is 1.80. The standard InChI is InChI=1S/C9H11BrN2/c1-5-9-11-6(2)7(3)12(9)8(4)10/h5H,1,4H2,2-3H3. The van der Waals surface area contributed by atoms with Crippen LogP contribution in [0.1, 0.15) is 17.2 Å². The minimum absolute atomic E-state index is 0.788. The average Bonchev–Trinajstić information content (AvgIpc) is 2.28. The van der Waals surface area contributed by atoms with Gasteiger partial charge in [-0.05, 0) is 35.9 Å². The molecule has 2 nitrogen and oxygen atoms in total. The molecule has 3 heteroatoms. The third kappa shape index (κ3) is 1.37. The van der Waals surface area contributed by atoms with E-state index in [9.17, 15) is 0 Å². The van der Waals surface area contributed by atoms with Crippen molar-refractivity contribution in [1.82, 2.24) is 9.55 Å². The van der Waals surface area contributed by atoms with Crippen molar-refractivity contribution in [3.63, 3.8) is 0 Å². The normalized spacial score (nSPS) is 9.92. The van der Waals surface area contributed by atoms with Gasteiger partial charge in [-0.1, -0.05) is 13.2 Å². The maximum atomic E-state index is 4.30. The molecule has 0 radical (unpaired) electrons. The van der Waals surface area contributed by atoms with Gasteiger partial charge in [0.25, 0.3) is 0 Å². The van der Waals surface area contributed by atoms with Crippen molar-refractivity contribution in [2.75, 3.05) is 0 Å². The minimum Gasteiger partial charge on any atom is -0.291 e. The van der Waals surface area contributed by atoms with Crippen molar-refractivity contribution in [2.45, 2.75) is 13.8 Å². The van der Waals surface area contributed by atoms with Crippen LogP contribution in [0.3, 0.4) is 0 Å². The number of halogens is 1. The molecule has 0 aliphatic rings. The maximum absolute atomic E-state index is 4.30. The lowest BCUT2D eigenvalue weighted by Gasteiger charge is -2.03. The zero-order chi connectivity index (χ0) is 9.30. The SMILES string of the molecule is C=Cc1nc(C)c(C)n1C(=C)Br.